The van der Waals surface area contributed by atoms with Crippen LogP contribution in [-0.4, -0.2) is 44.4 Å². The Hall–Kier alpha value is -1.97. The molecule has 0 saturated carbocycles. The van der Waals surface area contributed by atoms with E-state index in [2.05, 4.69) is 10.6 Å². The van der Waals surface area contributed by atoms with Crippen molar-refractivity contribution in [2.45, 2.75) is 44.2 Å². The van der Waals surface area contributed by atoms with Gasteiger partial charge in [0.15, 0.2) is 0 Å². The van der Waals surface area contributed by atoms with Crippen LogP contribution < -0.4 is 15.8 Å². The Morgan fingerprint density at radius 2 is 1.88 bits per heavy atom. The van der Waals surface area contributed by atoms with Gasteiger partial charge in [0.1, 0.15) is 0 Å². The molecule has 0 aromatic heterocycles. The molecule has 0 aliphatic carbocycles. The number of imide groups is 1. The molecule has 1 atom stereocenters. The maximum atomic E-state index is 12.0. The predicted octanol–water partition coefficient (Wildman–Crippen LogP) is 0.951. The van der Waals surface area contributed by atoms with Crippen LogP contribution >= 0.6 is 0 Å². The minimum absolute atomic E-state index is 0.0132. The lowest BCUT2D eigenvalue weighted by Gasteiger charge is -2.25. The summed E-state index contributed by atoms with van der Waals surface area (Å²) in [7, 11) is -2.09. The highest BCUT2D eigenvalue weighted by Gasteiger charge is 2.20. The van der Waals surface area contributed by atoms with E-state index < -0.39 is 27.5 Å². The van der Waals surface area contributed by atoms with Gasteiger partial charge in [-0.15, -0.1) is 0 Å². The zero-order chi connectivity index (χ0) is 19.4. The first-order chi connectivity index (χ1) is 11.3. The van der Waals surface area contributed by atoms with Crippen molar-refractivity contribution in [3.8, 4) is 0 Å². The summed E-state index contributed by atoms with van der Waals surface area (Å²) < 4.78 is 22.9. The first kappa shape index (κ1) is 21.1. The summed E-state index contributed by atoms with van der Waals surface area (Å²) in [5.41, 5.74) is 0.249. The molecule has 1 aromatic rings. The van der Waals surface area contributed by atoms with Gasteiger partial charge >= 0.3 is 6.03 Å². The fraction of sp³-hybridized carbons (Fsp3) is 0.500. The van der Waals surface area contributed by atoms with Gasteiger partial charge in [-0.2, -0.15) is 0 Å². The summed E-state index contributed by atoms with van der Waals surface area (Å²) in [6, 6.07) is 5.42. The Bertz CT molecular complexity index is 741. The lowest BCUT2D eigenvalue weighted by Crippen LogP contribution is -2.50. The number of sulfonamides is 1. The van der Waals surface area contributed by atoms with Gasteiger partial charge in [-0.25, -0.2) is 18.4 Å². The normalized spacial score (nSPS) is 13.4. The number of hydrogen-bond acceptors (Lipinski definition) is 5. The number of nitrogens with zero attached hydrogens (tertiary/aromatic N) is 1. The second kappa shape index (κ2) is 7.94. The van der Waals surface area contributed by atoms with Crippen LogP contribution in [0.1, 0.15) is 39.3 Å². The molecule has 8 nitrogen and oxygen atoms in total. The van der Waals surface area contributed by atoms with E-state index in [0.29, 0.717) is 5.56 Å². The van der Waals surface area contributed by atoms with Gasteiger partial charge in [0, 0.05) is 11.6 Å². The minimum atomic E-state index is -3.79. The molecule has 0 bridgehead atoms. The average molecular weight is 370 g/mol. The zero-order valence-corrected chi connectivity index (χ0v) is 16.0. The van der Waals surface area contributed by atoms with Crippen LogP contribution in [0.2, 0.25) is 0 Å². The van der Waals surface area contributed by atoms with Crippen molar-refractivity contribution in [2.75, 3.05) is 13.6 Å². The summed E-state index contributed by atoms with van der Waals surface area (Å²) in [5, 5.41) is 10.0. The fourth-order valence-corrected chi connectivity index (χ4v) is 2.68. The number of nitrogens with one attached hydrogen (secondary N) is 2. The van der Waals surface area contributed by atoms with Gasteiger partial charge < -0.3 is 5.32 Å². The molecule has 0 aliphatic rings. The highest BCUT2D eigenvalue weighted by molar-refractivity contribution is 7.89. The standard InChI is InChI=1S/C16H26N4O4S/c1-11(12-7-6-8-13(9-12)25(17,23)24)20(5)10-14(21)18-15(22)19-16(2,3)4/h6-9,11H,10H2,1-5H3,(H2,17,23,24)(H2,18,19,21,22)/t11-/m0/s1. The molecule has 3 amide bonds. The number of hydrogen-bond donors (Lipinski definition) is 3. The largest absolute Gasteiger partial charge is 0.333 e. The van der Waals surface area contributed by atoms with Crippen molar-refractivity contribution in [2.24, 2.45) is 5.14 Å². The lowest BCUT2D eigenvalue weighted by atomic mass is 10.1. The molecule has 0 radical (unpaired) electrons. The number of primary sulfonamides is 1. The third-order valence-corrected chi connectivity index (χ3v) is 4.38. The van der Waals surface area contributed by atoms with Crippen LogP contribution in [0, 0.1) is 0 Å². The molecular weight excluding hydrogens is 344 g/mol. The predicted molar refractivity (Wildman–Crippen MR) is 95.3 cm³/mol. The smallest absolute Gasteiger partial charge is 0.321 e. The van der Waals surface area contributed by atoms with Crippen LogP contribution in [0.25, 0.3) is 0 Å². The van der Waals surface area contributed by atoms with E-state index in [1.54, 1.807) is 24.1 Å². The van der Waals surface area contributed by atoms with Crippen LogP contribution in [0.4, 0.5) is 4.79 Å². The van der Waals surface area contributed by atoms with E-state index in [0.717, 1.165) is 0 Å². The van der Waals surface area contributed by atoms with Gasteiger partial charge in [-0.05, 0) is 52.4 Å². The minimum Gasteiger partial charge on any atom is -0.333 e. The maximum Gasteiger partial charge on any atom is 0.321 e. The van der Waals surface area contributed by atoms with Crippen LogP contribution in [0.3, 0.4) is 0 Å². The molecule has 140 valence electrons. The van der Waals surface area contributed by atoms with E-state index in [9.17, 15) is 18.0 Å². The molecule has 0 fully saturated rings. The summed E-state index contributed by atoms with van der Waals surface area (Å²) in [6.07, 6.45) is 0. The molecule has 0 aliphatic heterocycles. The number of rotatable bonds is 5. The summed E-state index contributed by atoms with van der Waals surface area (Å²) in [4.78, 5) is 25.4. The van der Waals surface area contributed by atoms with Crippen molar-refractivity contribution < 1.29 is 18.0 Å². The number of nitrogens with two attached hydrogens (primary N) is 1. The molecule has 25 heavy (non-hydrogen) atoms. The fourth-order valence-electron chi connectivity index (χ4n) is 2.11. The molecule has 0 spiro atoms. The topological polar surface area (TPSA) is 122 Å². The van der Waals surface area contributed by atoms with Crippen LogP contribution in [0.15, 0.2) is 29.2 Å². The highest BCUT2D eigenvalue weighted by Crippen LogP contribution is 2.21. The van der Waals surface area contributed by atoms with E-state index in [1.165, 1.54) is 12.1 Å². The molecule has 0 saturated heterocycles. The Balaban J connectivity index is 2.72. The number of benzene rings is 1. The Morgan fingerprint density at radius 1 is 1.28 bits per heavy atom. The number of carbonyl (C=O) groups is 2. The molecule has 0 heterocycles. The van der Waals surface area contributed by atoms with Gasteiger partial charge in [-0.3, -0.25) is 15.0 Å². The first-order valence-electron chi connectivity index (χ1n) is 7.74. The second-order valence-electron chi connectivity index (χ2n) is 6.96. The van der Waals surface area contributed by atoms with E-state index in [1.807, 2.05) is 27.7 Å². The van der Waals surface area contributed by atoms with Crippen molar-refractivity contribution in [1.29, 1.82) is 0 Å². The van der Waals surface area contributed by atoms with Gasteiger partial charge in [0.25, 0.3) is 0 Å². The monoisotopic (exact) mass is 370 g/mol. The Labute approximate surface area is 148 Å². The molecule has 1 rings (SSSR count). The van der Waals surface area contributed by atoms with Crippen molar-refractivity contribution in [3.05, 3.63) is 29.8 Å². The van der Waals surface area contributed by atoms with Crippen LogP contribution in [-0.2, 0) is 14.8 Å². The van der Waals surface area contributed by atoms with Crippen molar-refractivity contribution >= 4 is 22.0 Å². The van der Waals surface area contributed by atoms with E-state index >= 15 is 0 Å². The maximum absolute atomic E-state index is 12.0. The molecule has 9 heteroatoms. The SMILES string of the molecule is C[C@@H](c1cccc(S(N)(=O)=O)c1)N(C)CC(=O)NC(=O)NC(C)(C)C. The van der Waals surface area contributed by atoms with Crippen molar-refractivity contribution in [1.82, 2.24) is 15.5 Å². The molecule has 4 N–H and O–H groups in total. The second-order valence-corrected chi connectivity index (χ2v) is 8.52. The summed E-state index contributed by atoms with van der Waals surface area (Å²) >= 11 is 0. The number of amides is 3. The van der Waals surface area contributed by atoms with E-state index in [4.69, 9.17) is 5.14 Å². The first-order valence-corrected chi connectivity index (χ1v) is 9.29. The third-order valence-electron chi connectivity index (χ3n) is 3.46. The summed E-state index contributed by atoms with van der Waals surface area (Å²) in [6.45, 7) is 7.22. The lowest BCUT2D eigenvalue weighted by molar-refractivity contribution is -0.121. The number of carbonyl (C=O) groups excluding carboxylic acids is 2. The van der Waals surface area contributed by atoms with Gasteiger partial charge in [0.05, 0.1) is 11.4 Å². The molecule has 0 unspecified atom stereocenters. The zero-order valence-electron chi connectivity index (χ0n) is 15.2. The molecular formula is C16H26N4O4S. The average Bonchev–Trinajstić information content (AvgIpc) is 2.43. The third kappa shape index (κ3) is 7.20. The van der Waals surface area contributed by atoms with Crippen molar-refractivity contribution in [3.63, 3.8) is 0 Å². The van der Waals surface area contributed by atoms with Gasteiger partial charge in [0.2, 0.25) is 15.9 Å². The van der Waals surface area contributed by atoms with Gasteiger partial charge in [-0.1, -0.05) is 12.1 Å². The number of urea groups is 1. The summed E-state index contributed by atoms with van der Waals surface area (Å²) in [5.74, 6) is -0.460. The van der Waals surface area contributed by atoms with E-state index in [-0.39, 0.29) is 17.5 Å². The quantitative estimate of drug-likeness (QED) is 0.712. The Morgan fingerprint density at radius 3 is 2.40 bits per heavy atom. The van der Waals surface area contributed by atoms with Crippen LogP contribution in [0.5, 0.6) is 0 Å². The molecule has 1 aromatic carbocycles. The highest BCUT2D eigenvalue weighted by atomic mass is 32.2. The number of likely N-dealkylation sites (N-methyl/N-ethyl adjacent to an activating group) is 1. The Kier molecular flexibility index (Phi) is 6.69.